The van der Waals surface area contributed by atoms with Crippen molar-refractivity contribution >= 4 is 27.7 Å². The average Bonchev–Trinajstić information content (AvgIpc) is 2.77. The largest absolute Gasteiger partial charge is 0.484 e. The molecule has 0 unspecified atom stereocenters. The van der Waals surface area contributed by atoms with E-state index < -0.39 is 11.8 Å². The van der Waals surface area contributed by atoms with E-state index in [0.29, 0.717) is 11.5 Å². The van der Waals surface area contributed by atoms with E-state index in [0.717, 1.165) is 21.2 Å². The highest BCUT2D eigenvalue weighted by Crippen LogP contribution is 2.30. The third kappa shape index (κ3) is 6.35. The number of aryl methyl sites for hydroxylation is 1. The third-order valence-electron chi connectivity index (χ3n) is 4.13. The standard InChI is InChI=1S/C23H21BrN2O4/c1-16-7-10-19(11-8-16)29-14-22(27)25-26-23(28)15-30-21-12-9-18(13-20(21)24)17-5-3-2-4-6-17/h2-13H,14-15H2,1H3,(H,25,27)(H,26,28). The molecule has 0 heterocycles. The van der Waals surface area contributed by atoms with Crippen molar-refractivity contribution in [1.82, 2.24) is 10.9 Å². The Morgan fingerprint density at radius 1 is 0.800 bits per heavy atom. The number of benzene rings is 3. The van der Waals surface area contributed by atoms with Gasteiger partial charge < -0.3 is 9.47 Å². The summed E-state index contributed by atoms with van der Waals surface area (Å²) in [5, 5.41) is 0. The molecule has 3 aromatic rings. The zero-order valence-corrected chi connectivity index (χ0v) is 17.9. The van der Waals surface area contributed by atoms with Crippen molar-refractivity contribution < 1.29 is 19.1 Å². The molecule has 2 N–H and O–H groups in total. The highest BCUT2D eigenvalue weighted by atomic mass is 79.9. The number of carbonyl (C=O) groups is 2. The minimum atomic E-state index is -0.488. The number of hydrogen-bond acceptors (Lipinski definition) is 4. The van der Waals surface area contributed by atoms with Gasteiger partial charge in [-0.05, 0) is 58.2 Å². The fraction of sp³-hybridized carbons (Fsp3) is 0.130. The molecule has 30 heavy (non-hydrogen) atoms. The van der Waals surface area contributed by atoms with E-state index in [1.54, 1.807) is 18.2 Å². The normalized spacial score (nSPS) is 10.2. The molecule has 0 aliphatic carbocycles. The number of nitrogens with one attached hydrogen (secondary N) is 2. The van der Waals surface area contributed by atoms with Crippen LogP contribution < -0.4 is 20.3 Å². The Morgan fingerprint density at radius 2 is 1.43 bits per heavy atom. The van der Waals surface area contributed by atoms with Gasteiger partial charge in [0.1, 0.15) is 11.5 Å². The fourth-order valence-corrected chi connectivity index (χ4v) is 3.06. The van der Waals surface area contributed by atoms with Crippen LogP contribution in [0.4, 0.5) is 0 Å². The topological polar surface area (TPSA) is 76.7 Å². The Balaban J connectivity index is 1.42. The Morgan fingerprint density at radius 3 is 2.07 bits per heavy atom. The molecule has 0 bridgehead atoms. The van der Waals surface area contributed by atoms with Crippen molar-refractivity contribution in [2.24, 2.45) is 0 Å². The molecule has 0 aliphatic heterocycles. The van der Waals surface area contributed by atoms with E-state index in [2.05, 4.69) is 26.8 Å². The van der Waals surface area contributed by atoms with Gasteiger partial charge >= 0.3 is 0 Å². The lowest BCUT2D eigenvalue weighted by Crippen LogP contribution is -2.45. The number of halogens is 1. The molecule has 3 aromatic carbocycles. The number of rotatable bonds is 7. The van der Waals surface area contributed by atoms with E-state index in [-0.39, 0.29) is 13.2 Å². The van der Waals surface area contributed by atoms with Crippen LogP contribution in [0.2, 0.25) is 0 Å². The molecule has 0 fully saturated rings. The maximum atomic E-state index is 11.9. The van der Waals surface area contributed by atoms with Gasteiger partial charge in [0.15, 0.2) is 13.2 Å². The second kappa shape index (κ2) is 10.5. The molecular weight excluding hydrogens is 448 g/mol. The Hall–Kier alpha value is -3.32. The average molecular weight is 469 g/mol. The smallest absolute Gasteiger partial charge is 0.276 e. The van der Waals surface area contributed by atoms with Crippen LogP contribution in [0.15, 0.2) is 77.3 Å². The van der Waals surface area contributed by atoms with E-state index in [4.69, 9.17) is 9.47 Å². The van der Waals surface area contributed by atoms with Gasteiger partial charge in [-0.2, -0.15) is 0 Å². The summed E-state index contributed by atoms with van der Waals surface area (Å²) in [4.78, 5) is 23.7. The van der Waals surface area contributed by atoms with Gasteiger partial charge in [0, 0.05) is 0 Å². The second-order valence-corrected chi connectivity index (χ2v) is 7.35. The number of amides is 2. The van der Waals surface area contributed by atoms with Gasteiger partial charge in [0.2, 0.25) is 0 Å². The molecule has 0 saturated heterocycles. The lowest BCUT2D eigenvalue weighted by molar-refractivity contribution is -0.131. The minimum absolute atomic E-state index is 0.212. The van der Waals surface area contributed by atoms with Crippen LogP contribution in [-0.4, -0.2) is 25.0 Å². The summed E-state index contributed by atoms with van der Waals surface area (Å²) in [6.07, 6.45) is 0. The first-order valence-corrected chi connectivity index (χ1v) is 10.1. The number of hydrazine groups is 1. The van der Waals surface area contributed by atoms with Crippen LogP contribution in [0.25, 0.3) is 11.1 Å². The van der Waals surface area contributed by atoms with Crippen LogP contribution in [0, 0.1) is 6.92 Å². The number of carbonyl (C=O) groups excluding carboxylic acids is 2. The quantitative estimate of drug-likeness (QED) is 0.513. The van der Waals surface area contributed by atoms with Gasteiger partial charge in [0.05, 0.1) is 4.47 Å². The van der Waals surface area contributed by atoms with Crippen molar-refractivity contribution in [2.45, 2.75) is 6.92 Å². The highest BCUT2D eigenvalue weighted by Gasteiger charge is 2.09. The molecule has 2 amide bonds. The third-order valence-corrected chi connectivity index (χ3v) is 4.75. The van der Waals surface area contributed by atoms with Crippen molar-refractivity contribution in [2.75, 3.05) is 13.2 Å². The Kier molecular flexibility index (Phi) is 7.45. The monoisotopic (exact) mass is 468 g/mol. The van der Waals surface area contributed by atoms with Crippen LogP contribution in [0.1, 0.15) is 5.56 Å². The van der Waals surface area contributed by atoms with Gasteiger partial charge in [-0.25, -0.2) is 0 Å². The maximum absolute atomic E-state index is 11.9. The Bertz CT molecular complexity index is 1010. The van der Waals surface area contributed by atoms with Crippen molar-refractivity contribution in [1.29, 1.82) is 0 Å². The molecule has 0 aromatic heterocycles. The number of ether oxygens (including phenoxy) is 2. The molecule has 0 aliphatic rings. The van der Waals surface area contributed by atoms with Gasteiger partial charge in [-0.3, -0.25) is 20.4 Å². The summed E-state index contributed by atoms with van der Waals surface area (Å²) in [7, 11) is 0. The summed E-state index contributed by atoms with van der Waals surface area (Å²) in [5.41, 5.74) is 7.79. The molecule has 0 atom stereocenters. The van der Waals surface area contributed by atoms with Crippen molar-refractivity contribution in [3.05, 3.63) is 82.8 Å². The van der Waals surface area contributed by atoms with Crippen LogP contribution in [0.5, 0.6) is 11.5 Å². The van der Waals surface area contributed by atoms with E-state index in [1.165, 1.54) is 0 Å². The lowest BCUT2D eigenvalue weighted by atomic mass is 10.1. The van der Waals surface area contributed by atoms with Crippen molar-refractivity contribution in [3.8, 4) is 22.6 Å². The zero-order chi connectivity index (χ0) is 21.3. The summed E-state index contributed by atoms with van der Waals surface area (Å²) < 4.78 is 11.6. The SMILES string of the molecule is Cc1ccc(OCC(=O)NNC(=O)COc2ccc(-c3ccccc3)cc2Br)cc1. The van der Waals surface area contributed by atoms with Crippen LogP contribution in [-0.2, 0) is 9.59 Å². The first-order valence-electron chi connectivity index (χ1n) is 9.26. The summed E-state index contributed by atoms with van der Waals surface area (Å²) in [6.45, 7) is 1.50. The predicted molar refractivity (Wildman–Crippen MR) is 118 cm³/mol. The van der Waals surface area contributed by atoms with E-state index >= 15 is 0 Å². The van der Waals surface area contributed by atoms with Gasteiger partial charge in [-0.1, -0.05) is 54.1 Å². The summed E-state index contributed by atoms with van der Waals surface area (Å²) >= 11 is 3.46. The highest BCUT2D eigenvalue weighted by molar-refractivity contribution is 9.10. The molecule has 0 radical (unpaired) electrons. The first-order chi connectivity index (χ1) is 14.5. The number of hydrogen-bond donors (Lipinski definition) is 2. The molecular formula is C23H21BrN2O4. The molecule has 0 spiro atoms. The minimum Gasteiger partial charge on any atom is -0.484 e. The van der Waals surface area contributed by atoms with Gasteiger partial charge in [0.25, 0.3) is 11.8 Å². The molecule has 6 nitrogen and oxygen atoms in total. The molecule has 7 heteroatoms. The summed E-state index contributed by atoms with van der Waals surface area (Å²) in [5.74, 6) is 0.142. The molecule has 3 rings (SSSR count). The fourth-order valence-electron chi connectivity index (χ4n) is 2.57. The van der Waals surface area contributed by atoms with E-state index in [1.807, 2.05) is 61.5 Å². The maximum Gasteiger partial charge on any atom is 0.276 e. The van der Waals surface area contributed by atoms with Crippen molar-refractivity contribution in [3.63, 3.8) is 0 Å². The van der Waals surface area contributed by atoms with Crippen LogP contribution >= 0.6 is 15.9 Å². The zero-order valence-electron chi connectivity index (χ0n) is 16.4. The Labute approximate surface area is 183 Å². The lowest BCUT2D eigenvalue weighted by Gasteiger charge is -2.11. The van der Waals surface area contributed by atoms with Gasteiger partial charge in [-0.15, -0.1) is 0 Å². The molecule has 154 valence electrons. The first kappa shape index (κ1) is 21.4. The van der Waals surface area contributed by atoms with Crippen LogP contribution in [0.3, 0.4) is 0 Å². The second-order valence-electron chi connectivity index (χ2n) is 6.50. The predicted octanol–water partition coefficient (Wildman–Crippen LogP) is 4.03. The molecule has 0 saturated carbocycles. The summed E-state index contributed by atoms with van der Waals surface area (Å²) in [6, 6.07) is 22.9. The van der Waals surface area contributed by atoms with E-state index in [9.17, 15) is 9.59 Å².